The van der Waals surface area contributed by atoms with Gasteiger partial charge in [-0.15, -0.1) is 0 Å². The highest BCUT2D eigenvalue weighted by Gasteiger charge is 2.35. The fourth-order valence-corrected chi connectivity index (χ4v) is 4.45. The molecule has 1 fully saturated rings. The topological polar surface area (TPSA) is 77.9 Å². The van der Waals surface area contributed by atoms with E-state index >= 15 is 0 Å². The van der Waals surface area contributed by atoms with Gasteiger partial charge in [-0.25, -0.2) is 13.2 Å². The second-order valence-corrected chi connectivity index (χ2v) is 7.46. The molecule has 0 radical (unpaired) electrons. The van der Waals surface area contributed by atoms with Crippen molar-refractivity contribution in [2.45, 2.75) is 17.9 Å². The molecule has 0 saturated carbocycles. The Morgan fingerprint density at radius 1 is 1.40 bits per heavy atom. The molecule has 2 rings (SSSR count). The summed E-state index contributed by atoms with van der Waals surface area (Å²) in [7, 11) is -3.60. The van der Waals surface area contributed by atoms with Gasteiger partial charge in [0, 0.05) is 30.1 Å². The van der Waals surface area contributed by atoms with Gasteiger partial charge in [-0.2, -0.15) is 4.31 Å². The SMILES string of the molecule is CC1CN(C(=O)O)CCN1S(=O)(=O)c1cccc(Br)c1. The van der Waals surface area contributed by atoms with Crippen LogP contribution in [0.2, 0.25) is 0 Å². The summed E-state index contributed by atoms with van der Waals surface area (Å²) in [4.78, 5) is 12.4. The summed E-state index contributed by atoms with van der Waals surface area (Å²) in [5.74, 6) is 0. The summed E-state index contributed by atoms with van der Waals surface area (Å²) in [6.07, 6.45) is -1.02. The highest BCUT2D eigenvalue weighted by Crippen LogP contribution is 2.23. The zero-order valence-electron chi connectivity index (χ0n) is 10.9. The van der Waals surface area contributed by atoms with Crippen molar-refractivity contribution in [1.82, 2.24) is 9.21 Å². The Kier molecular flexibility index (Phi) is 4.36. The van der Waals surface area contributed by atoms with E-state index in [1.54, 1.807) is 25.1 Å². The molecule has 0 spiro atoms. The molecule has 1 saturated heterocycles. The number of carboxylic acid groups (broad SMARTS) is 1. The average Bonchev–Trinajstić information content (AvgIpc) is 2.38. The van der Waals surface area contributed by atoms with Crippen molar-refractivity contribution in [3.05, 3.63) is 28.7 Å². The van der Waals surface area contributed by atoms with Gasteiger partial charge in [-0.1, -0.05) is 22.0 Å². The first-order chi connectivity index (χ1) is 9.32. The van der Waals surface area contributed by atoms with Gasteiger partial charge in [-0.05, 0) is 25.1 Å². The summed E-state index contributed by atoms with van der Waals surface area (Å²) in [5.41, 5.74) is 0. The number of sulfonamides is 1. The molecule has 1 heterocycles. The van der Waals surface area contributed by atoms with E-state index in [4.69, 9.17) is 5.11 Å². The number of benzene rings is 1. The molecule has 1 unspecified atom stereocenters. The first kappa shape index (κ1) is 15.3. The fourth-order valence-electron chi connectivity index (χ4n) is 2.23. The molecule has 1 aromatic carbocycles. The van der Waals surface area contributed by atoms with Crippen LogP contribution in [0.15, 0.2) is 33.6 Å². The summed E-state index contributed by atoms with van der Waals surface area (Å²) in [6, 6.07) is 6.12. The predicted molar refractivity (Wildman–Crippen MR) is 77.1 cm³/mol. The molecule has 20 heavy (non-hydrogen) atoms. The summed E-state index contributed by atoms with van der Waals surface area (Å²) >= 11 is 3.25. The Hall–Kier alpha value is -1.12. The maximum absolute atomic E-state index is 12.6. The molecule has 1 atom stereocenters. The molecular weight excluding hydrogens is 348 g/mol. The van der Waals surface area contributed by atoms with Gasteiger partial charge in [-0.3, -0.25) is 0 Å². The molecule has 110 valence electrons. The van der Waals surface area contributed by atoms with Gasteiger partial charge < -0.3 is 10.0 Å². The smallest absolute Gasteiger partial charge is 0.407 e. The van der Waals surface area contributed by atoms with Crippen molar-refractivity contribution in [1.29, 1.82) is 0 Å². The van der Waals surface area contributed by atoms with Gasteiger partial charge in [0.1, 0.15) is 0 Å². The Morgan fingerprint density at radius 2 is 2.10 bits per heavy atom. The number of rotatable bonds is 2. The van der Waals surface area contributed by atoms with Crippen molar-refractivity contribution in [2.24, 2.45) is 0 Å². The lowest BCUT2D eigenvalue weighted by Gasteiger charge is -2.37. The zero-order chi connectivity index (χ0) is 14.9. The number of hydrogen-bond donors (Lipinski definition) is 1. The minimum Gasteiger partial charge on any atom is -0.465 e. The molecule has 1 aromatic rings. The van der Waals surface area contributed by atoms with Crippen LogP contribution in [0.5, 0.6) is 0 Å². The second-order valence-electron chi connectivity index (χ2n) is 4.65. The van der Waals surface area contributed by atoms with Gasteiger partial charge in [0.15, 0.2) is 0 Å². The number of amides is 1. The van der Waals surface area contributed by atoms with Crippen LogP contribution in [0, 0.1) is 0 Å². The van der Waals surface area contributed by atoms with E-state index in [0.717, 1.165) is 0 Å². The maximum Gasteiger partial charge on any atom is 0.407 e. The van der Waals surface area contributed by atoms with Gasteiger partial charge in [0.05, 0.1) is 4.90 Å². The molecule has 8 heteroatoms. The number of piperazine rings is 1. The molecule has 1 aliphatic heterocycles. The van der Waals surface area contributed by atoms with Crippen LogP contribution in [0.3, 0.4) is 0 Å². The molecule has 0 bridgehead atoms. The minimum absolute atomic E-state index is 0.169. The van der Waals surface area contributed by atoms with Crippen molar-refractivity contribution in [2.75, 3.05) is 19.6 Å². The Labute approximate surface area is 126 Å². The largest absolute Gasteiger partial charge is 0.465 e. The van der Waals surface area contributed by atoms with Crippen LogP contribution in [-0.4, -0.2) is 54.5 Å². The molecule has 1 amide bonds. The lowest BCUT2D eigenvalue weighted by Crippen LogP contribution is -2.55. The van der Waals surface area contributed by atoms with E-state index in [0.29, 0.717) is 4.47 Å². The number of carbonyl (C=O) groups is 1. The normalized spacial score (nSPS) is 20.9. The summed E-state index contributed by atoms with van der Waals surface area (Å²) in [5, 5.41) is 8.95. The standard InChI is InChI=1S/C12H15BrN2O4S/c1-9-8-14(12(16)17)5-6-15(9)20(18,19)11-4-2-3-10(13)7-11/h2-4,7,9H,5-6,8H2,1H3,(H,16,17). The van der Waals surface area contributed by atoms with Crippen LogP contribution in [0.25, 0.3) is 0 Å². The van der Waals surface area contributed by atoms with E-state index in [-0.39, 0.29) is 30.6 Å². The summed E-state index contributed by atoms with van der Waals surface area (Å²) < 4.78 is 27.2. The zero-order valence-corrected chi connectivity index (χ0v) is 13.3. The first-order valence-electron chi connectivity index (χ1n) is 6.07. The van der Waals surface area contributed by atoms with Crippen LogP contribution >= 0.6 is 15.9 Å². The Balaban J connectivity index is 2.25. The minimum atomic E-state index is -3.60. The average molecular weight is 363 g/mol. The molecular formula is C12H15BrN2O4S. The third-order valence-electron chi connectivity index (χ3n) is 3.24. The summed E-state index contributed by atoms with van der Waals surface area (Å²) in [6.45, 7) is 2.25. The molecule has 0 aromatic heterocycles. The lowest BCUT2D eigenvalue weighted by atomic mass is 10.2. The number of halogens is 1. The van der Waals surface area contributed by atoms with E-state index in [1.807, 2.05) is 0 Å². The maximum atomic E-state index is 12.6. The highest BCUT2D eigenvalue weighted by atomic mass is 79.9. The van der Waals surface area contributed by atoms with E-state index in [2.05, 4.69) is 15.9 Å². The first-order valence-corrected chi connectivity index (χ1v) is 8.31. The van der Waals surface area contributed by atoms with Crippen LogP contribution < -0.4 is 0 Å². The Morgan fingerprint density at radius 3 is 2.65 bits per heavy atom. The molecule has 1 aliphatic rings. The molecule has 0 aliphatic carbocycles. The fraction of sp³-hybridized carbons (Fsp3) is 0.417. The van der Waals surface area contributed by atoms with E-state index in [9.17, 15) is 13.2 Å². The van der Waals surface area contributed by atoms with Gasteiger partial charge in [0.25, 0.3) is 0 Å². The van der Waals surface area contributed by atoms with E-state index in [1.165, 1.54) is 15.3 Å². The Bertz CT molecular complexity index is 620. The van der Waals surface area contributed by atoms with Crippen molar-refractivity contribution in [3.63, 3.8) is 0 Å². The van der Waals surface area contributed by atoms with Crippen molar-refractivity contribution in [3.8, 4) is 0 Å². The number of nitrogens with zero attached hydrogens (tertiary/aromatic N) is 2. The lowest BCUT2D eigenvalue weighted by molar-refractivity contribution is 0.109. The highest BCUT2D eigenvalue weighted by molar-refractivity contribution is 9.10. The quantitative estimate of drug-likeness (QED) is 0.870. The number of hydrogen-bond acceptors (Lipinski definition) is 3. The van der Waals surface area contributed by atoms with Gasteiger partial charge in [0.2, 0.25) is 10.0 Å². The third kappa shape index (κ3) is 2.97. The monoisotopic (exact) mass is 362 g/mol. The third-order valence-corrected chi connectivity index (χ3v) is 5.74. The van der Waals surface area contributed by atoms with Crippen molar-refractivity contribution >= 4 is 32.0 Å². The van der Waals surface area contributed by atoms with Crippen molar-refractivity contribution < 1.29 is 18.3 Å². The second kappa shape index (κ2) is 5.71. The van der Waals surface area contributed by atoms with E-state index < -0.39 is 16.1 Å². The predicted octanol–water partition coefficient (Wildman–Crippen LogP) is 1.82. The molecule has 6 nitrogen and oxygen atoms in total. The van der Waals surface area contributed by atoms with Gasteiger partial charge >= 0.3 is 6.09 Å². The van der Waals surface area contributed by atoms with Crippen LogP contribution in [0.4, 0.5) is 4.79 Å². The molecule has 1 N–H and O–H groups in total. The van der Waals surface area contributed by atoms with Crippen LogP contribution in [-0.2, 0) is 10.0 Å². The van der Waals surface area contributed by atoms with Crippen LogP contribution in [0.1, 0.15) is 6.92 Å².